The van der Waals surface area contributed by atoms with Gasteiger partial charge in [0.05, 0.1) is 12.1 Å². The third-order valence-electron chi connectivity index (χ3n) is 4.29. The maximum atomic E-state index is 12.2. The van der Waals surface area contributed by atoms with Crippen LogP contribution in [0.2, 0.25) is 5.02 Å². The molecule has 1 fully saturated rings. The van der Waals surface area contributed by atoms with Crippen molar-refractivity contribution >= 4 is 17.5 Å². The minimum atomic E-state index is -0.0358. The number of nitrogens with zero attached hydrogens (tertiary/aromatic N) is 1. The van der Waals surface area contributed by atoms with Crippen molar-refractivity contribution in [3.05, 3.63) is 41.2 Å². The average Bonchev–Trinajstić information content (AvgIpc) is 3.17. The number of oxazole rings is 1. The first kappa shape index (κ1) is 16.0. The number of amides is 1. The Labute approximate surface area is 140 Å². The normalized spacial score (nSPS) is 20.6. The number of nitrogens with two attached hydrogens (primary N) is 1. The van der Waals surface area contributed by atoms with Crippen LogP contribution < -0.4 is 11.1 Å². The predicted molar refractivity (Wildman–Crippen MR) is 89.0 cm³/mol. The van der Waals surface area contributed by atoms with Gasteiger partial charge in [-0.3, -0.25) is 4.79 Å². The summed E-state index contributed by atoms with van der Waals surface area (Å²) in [6, 6.07) is 7.42. The molecule has 1 aliphatic rings. The van der Waals surface area contributed by atoms with Crippen molar-refractivity contribution in [3.8, 4) is 11.5 Å². The zero-order valence-corrected chi connectivity index (χ0v) is 13.6. The molecule has 0 saturated heterocycles. The van der Waals surface area contributed by atoms with Gasteiger partial charge in [0, 0.05) is 16.6 Å². The van der Waals surface area contributed by atoms with E-state index in [4.69, 9.17) is 21.8 Å². The molecule has 2 unspecified atom stereocenters. The fraction of sp³-hybridized carbons (Fsp3) is 0.412. The SMILES string of the molecule is NCC1CCCC1NC(=O)Cc1coc(-c2ccc(Cl)cc2)n1. The van der Waals surface area contributed by atoms with Crippen molar-refractivity contribution in [3.63, 3.8) is 0 Å². The van der Waals surface area contributed by atoms with Gasteiger partial charge in [-0.05, 0) is 49.6 Å². The zero-order chi connectivity index (χ0) is 16.2. The van der Waals surface area contributed by atoms with Gasteiger partial charge in [-0.25, -0.2) is 4.98 Å². The van der Waals surface area contributed by atoms with E-state index in [9.17, 15) is 4.79 Å². The van der Waals surface area contributed by atoms with Crippen molar-refractivity contribution in [2.45, 2.75) is 31.7 Å². The van der Waals surface area contributed by atoms with Crippen molar-refractivity contribution in [2.24, 2.45) is 11.7 Å². The second-order valence-electron chi connectivity index (χ2n) is 5.93. The standard InChI is InChI=1S/C17H20ClN3O2/c18-13-6-4-11(5-7-13)17-20-14(10-23-17)8-16(22)21-15-3-1-2-12(15)9-19/h4-7,10,12,15H,1-3,8-9,19H2,(H,21,22). The lowest BCUT2D eigenvalue weighted by Crippen LogP contribution is -2.40. The molecule has 0 radical (unpaired) electrons. The summed E-state index contributed by atoms with van der Waals surface area (Å²) in [6.07, 6.45) is 4.95. The largest absolute Gasteiger partial charge is 0.444 e. The molecule has 5 nitrogen and oxygen atoms in total. The number of hydrogen-bond donors (Lipinski definition) is 2. The number of benzene rings is 1. The summed E-state index contributed by atoms with van der Waals surface area (Å²) in [6.45, 7) is 0.621. The van der Waals surface area contributed by atoms with E-state index in [2.05, 4.69) is 10.3 Å². The number of nitrogens with one attached hydrogen (secondary N) is 1. The zero-order valence-electron chi connectivity index (χ0n) is 12.8. The van der Waals surface area contributed by atoms with Crippen LogP contribution in [0.5, 0.6) is 0 Å². The lowest BCUT2D eigenvalue weighted by molar-refractivity contribution is -0.121. The highest BCUT2D eigenvalue weighted by atomic mass is 35.5. The van der Waals surface area contributed by atoms with Gasteiger partial charge in [0.1, 0.15) is 6.26 Å². The highest BCUT2D eigenvalue weighted by Crippen LogP contribution is 2.25. The maximum Gasteiger partial charge on any atom is 0.226 e. The second-order valence-corrected chi connectivity index (χ2v) is 6.36. The first-order chi connectivity index (χ1) is 11.2. The van der Waals surface area contributed by atoms with E-state index in [-0.39, 0.29) is 18.4 Å². The maximum absolute atomic E-state index is 12.2. The van der Waals surface area contributed by atoms with Crippen molar-refractivity contribution in [2.75, 3.05) is 6.54 Å². The average molecular weight is 334 g/mol. The summed E-state index contributed by atoms with van der Waals surface area (Å²) in [5.41, 5.74) is 7.20. The first-order valence-corrected chi connectivity index (χ1v) is 8.23. The van der Waals surface area contributed by atoms with Gasteiger partial charge in [-0.2, -0.15) is 0 Å². The topological polar surface area (TPSA) is 81.1 Å². The molecule has 1 aromatic heterocycles. The third-order valence-corrected chi connectivity index (χ3v) is 4.54. The van der Waals surface area contributed by atoms with Gasteiger partial charge in [0.25, 0.3) is 0 Å². The Kier molecular flexibility index (Phi) is 4.98. The molecule has 2 aromatic rings. The van der Waals surface area contributed by atoms with Crippen LogP contribution in [0, 0.1) is 5.92 Å². The molecular formula is C17H20ClN3O2. The van der Waals surface area contributed by atoms with Gasteiger partial charge in [-0.15, -0.1) is 0 Å². The van der Waals surface area contributed by atoms with E-state index in [1.165, 1.54) is 6.26 Å². The molecule has 0 bridgehead atoms. The Morgan fingerprint density at radius 2 is 2.13 bits per heavy atom. The smallest absolute Gasteiger partial charge is 0.226 e. The molecule has 23 heavy (non-hydrogen) atoms. The quantitative estimate of drug-likeness (QED) is 0.881. The number of aromatic nitrogens is 1. The third kappa shape index (κ3) is 3.92. The Bertz CT molecular complexity index is 669. The lowest BCUT2D eigenvalue weighted by atomic mass is 10.0. The van der Waals surface area contributed by atoms with Gasteiger partial charge in [0.15, 0.2) is 0 Å². The summed E-state index contributed by atoms with van der Waals surface area (Å²) in [7, 11) is 0. The van der Waals surface area contributed by atoms with E-state index in [1.807, 2.05) is 12.1 Å². The second kappa shape index (κ2) is 7.15. The molecule has 2 atom stereocenters. The van der Waals surface area contributed by atoms with E-state index < -0.39 is 0 Å². The van der Waals surface area contributed by atoms with Gasteiger partial charge in [0.2, 0.25) is 11.8 Å². The van der Waals surface area contributed by atoms with Crippen LogP contribution in [0.4, 0.5) is 0 Å². The molecule has 1 aromatic carbocycles. The van der Waals surface area contributed by atoms with Gasteiger partial charge < -0.3 is 15.5 Å². The molecule has 1 aliphatic carbocycles. The monoisotopic (exact) mass is 333 g/mol. The minimum absolute atomic E-state index is 0.0358. The molecular weight excluding hydrogens is 314 g/mol. The van der Waals surface area contributed by atoms with Crippen LogP contribution in [0.3, 0.4) is 0 Å². The van der Waals surface area contributed by atoms with Crippen molar-refractivity contribution < 1.29 is 9.21 Å². The van der Waals surface area contributed by atoms with E-state index in [0.29, 0.717) is 29.1 Å². The highest BCUT2D eigenvalue weighted by molar-refractivity contribution is 6.30. The van der Waals surface area contributed by atoms with Crippen LogP contribution in [-0.2, 0) is 11.2 Å². The summed E-state index contributed by atoms with van der Waals surface area (Å²) in [5.74, 6) is 0.845. The Hall–Kier alpha value is -1.85. The van der Waals surface area contributed by atoms with E-state index in [0.717, 1.165) is 24.8 Å². The summed E-state index contributed by atoms with van der Waals surface area (Å²) >= 11 is 5.87. The van der Waals surface area contributed by atoms with E-state index in [1.54, 1.807) is 12.1 Å². The fourth-order valence-electron chi connectivity index (χ4n) is 3.04. The number of halogens is 1. The summed E-state index contributed by atoms with van der Waals surface area (Å²) < 4.78 is 5.45. The first-order valence-electron chi connectivity index (χ1n) is 7.85. The summed E-state index contributed by atoms with van der Waals surface area (Å²) in [5, 5.41) is 3.73. The van der Waals surface area contributed by atoms with E-state index >= 15 is 0 Å². The predicted octanol–water partition coefficient (Wildman–Crippen LogP) is 2.78. The number of carbonyl (C=O) groups is 1. The number of carbonyl (C=O) groups excluding carboxylic acids is 1. The van der Waals surface area contributed by atoms with Crippen LogP contribution >= 0.6 is 11.6 Å². The van der Waals surface area contributed by atoms with Crippen LogP contribution in [0.15, 0.2) is 34.9 Å². The van der Waals surface area contributed by atoms with Crippen molar-refractivity contribution in [1.29, 1.82) is 0 Å². The molecule has 0 aliphatic heterocycles. The highest BCUT2D eigenvalue weighted by Gasteiger charge is 2.27. The minimum Gasteiger partial charge on any atom is -0.444 e. The molecule has 1 amide bonds. The number of rotatable bonds is 5. The molecule has 6 heteroatoms. The Balaban J connectivity index is 1.60. The molecule has 1 heterocycles. The van der Waals surface area contributed by atoms with Crippen LogP contribution in [-0.4, -0.2) is 23.5 Å². The summed E-state index contributed by atoms with van der Waals surface area (Å²) in [4.78, 5) is 16.5. The molecule has 0 spiro atoms. The molecule has 122 valence electrons. The number of hydrogen-bond acceptors (Lipinski definition) is 4. The molecule has 1 saturated carbocycles. The van der Waals surface area contributed by atoms with Gasteiger partial charge in [-0.1, -0.05) is 18.0 Å². The fourth-order valence-corrected chi connectivity index (χ4v) is 3.17. The lowest BCUT2D eigenvalue weighted by Gasteiger charge is -2.19. The van der Waals surface area contributed by atoms with Gasteiger partial charge >= 0.3 is 0 Å². The van der Waals surface area contributed by atoms with Crippen LogP contribution in [0.25, 0.3) is 11.5 Å². The Morgan fingerprint density at radius 3 is 2.87 bits per heavy atom. The molecule has 3 rings (SSSR count). The Morgan fingerprint density at radius 1 is 1.35 bits per heavy atom. The molecule has 3 N–H and O–H groups in total. The van der Waals surface area contributed by atoms with Crippen molar-refractivity contribution in [1.82, 2.24) is 10.3 Å². The van der Waals surface area contributed by atoms with Crippen LogP contribution in [0.1, 0.15) is 25.0 Å².